The maximum atomic E-state index is 13.0. The van der Waals surface area contributed by atoms with E-state index in [1.54, 1.807) is 13.1 Å². The zero-order chi connectivity index (χ0) is 40.6. The highest BCUT2D eigenvalue weighted by atomic mass is 19.3. The molecule has 1 atom stereocenters. The lowest BCUT2D eigenvalue weighted by Gasteiger charge is -2.18. The quantitative estimate of drug-likeness (QED) is 0.135. The lowest BCUT2D eigenvalue weighted by atomic mass is 9.88. The van der Waals surface area contributed by atoms with E-state index in [0.717, 1.165) is 55.1 Å². The van der Waals surface area contributed by atoms with E-state index in [9.17, 15) is 17.6 Å². The van der Waals surface area contributed by atoms with Crippen LogP contribution in [0.2, 0.25) is 0 Å². The third-order valence-electron chi connectivity index (χ3n) is 10.4. The van der Waals surface area contributed by atoms with E-state index in [2.05, 4.69) is 92.2 Å². The van der Waals surface area contributed by atoms with Gasteiger partial charge in [-0.3, -0.25) is 0 Å². The van der Waals surface area contributed by atoms with Gasteiger partial charge in [-0.25, -0.2) is 23.7 Å². The van der Waals surface area contributed by atoms with E-state index in [1.165, 1.54) is 61.7 Å². The number of halogens is 4. The highest BCUT2D eigenvalue weighted by molar-refractivity contribution is 5.67. The average Bonchev–Trinajstić information content (AvgIpc) is 3.98. The lowest BCUT2D eigenvalue weighted by Crippen LogP contribution is -2.10. The molecule has 0 bridgehead atoms. The third kappa shape index (κ3) is 15.5. The molecular weight excluding hydrogens is 693 g/mol. The van der Waals surface area contributed by atoms with Crippen LogP contribution in [0.1, 0.15) is 149 Å². The zero-order valence-electron chi connectivity index (χ0n) is 34.7. The maximum Gasteiger partial charge on any atom is 0.388 e. The van der Waals surface area contributed by atoms with Crippen molar-refractivity contribution in [3.8, 4) is 23.1 Å². The summed E-state index contributed by atoms with van der Waals surface area (Å²) in [6, 6.07) is 8.24. The van der Waals surface area contributed by atoms with Crippen LogP contribution in [0.4, 0.5) is 17.6 Å². The number of allylic oxidation sites excluding steroid dienone is 4. The van der Waals surface area contributed by atoms with Crippen molar-refractivity contribution in [3.05, 3.63) is 76.4 Å². The van der Waals surface area contributed by atoms with E-state index in [-0.39, 0.29) is 23.2 Å². The Bertz CT molecular complexity index is 1630. The van der Waals surface area contributed by atoms with E-state index in [1.807, 2.05) is 19.1 Å². The first-order chi connectivity index (χ1) is 25.4. The van der Waals surface area contributed by atoms with E-state index in [0.29, 0.717) is 23.7 Å². The lowest BCUT2D eigenvalue weighted by molar-refractivity contribution is -0.0525. The summed E-state index contributed by atoms with van der Waals surface area (Å²) in [6.45, 7) is 20.9. The second-order valence-electron chi connectivity index (χ2n) is 15.0. The molecule has 1 unspecified atom stereocenters. The Hall–Kier alpha value is -3.82. The summed E-state index contributed by atoms with van der Waals surface area (Å²) in [5.41, 5.74) is 6.61. The Balaban J connectivity index is 0.000000409. The minimum Gasteiger partial charge on any atom is -0.473 e. The van der Waals surface area contributed by atoms with E-state index < -0.39 is 12.5 Å². The van der Waals surface area contributed by atoms with Gasteiger partial charge in [-0.1, -0.05) is 103 Å². The number of hydrogen-bond donors (Lipinski definition) is 0. The van der Waals surface area contributed by atoms with Gasteiger partial charge in [-0.05, 0) is 93.9 Å². The van der Waals surface area contributed by atoms with Crippen LogP contribution < -0.4 is 9.47 Å². The summed E-state index contributed by atoms with van der Waals surface area (Å²) in [7, 11) is 0. The topological polar surface area (TPSA) is 70.0 Å². The number of alkyl halides is 4. The van der Waals surface area contributed by atoms with Gasteiger partial charge in [0.1, 0.15) is 18.5 Å². The standard InChI is InChI=1S/C26H28F2N4O2.C7H16.C6H10F2.C5H10/c1-5-15(2)17(4)19-8-6-18(7-9-19)13-33-24-16(3)12-29-23(32-24)21-22(20-10-11-20)30-14-31-25(21)34-26(27)28;1-5-7(4)6(2)3;1-4-5(2)6(3,7)8;1-5-3-2-4-5/h6-9,12,14,20,26H,5,10-11,13H2,1-4H3;6-7H,5H2,1-4H3;4H,1-3H3;5H,2-4H2,1H3/b;;5-4+;. The van der Waals surface area contributed by atoms with Crippen molar-refractivity contribution in [2.45, 2.75) is 153 Å². The number of nitrogens with zero attached hydrogens (tertiary/aromatic N) is 4. The minimum atomic E-state index is -3.01. The van der Waals surface area contributed by atoms with Crippen molar-refractivity contribution in [3.63, 3.8) is 0 Å². The van der Waals surface area contributed by atoms with Crippen LogP contribution in [-0.4, -0.2) is 32.5 Å². The molecule has 0 saturated heterocycles. The normalized spacial score (nSPS) is 15.4. The minimum absolute atomic E-state index is 0.123. The molecule has 2 aliphatic rings. The maximum absolute atomic E-state index is 13.0. The first-order valence-corrected chi connectivity index (χ1v) is 19.5. The van der Waals surface area contributed by atoms with Crippen molar-refractivity contribution in [2.75, 3.05) is 0 Å². The van der Waals surface area contributed by atoms with E-state index in [4.69, 9.17) is 4.74 Å². The zero-order valence-corrected chi connectivity index (χ0v) is 34.7. The number of aryl methyl sites for hydroxylation is 1. The van der Waals surface area contributed by atoms with Crippen molar-refractivity contribution < 1.29 is 27.0 Å². The summed E-state index contributed by atoms with van der Waals surface area (Å²) < 4.78 is 60.8. The summed E-state index contributed by atoms with van der Waals surface area (Å²) in [5, 5.41) is 0. The van der Waals surface area contributed by atoms with Crippen LogP contribution in [0.25, 0.3) is 17.0 Å². The van der Waals surface area contributed by atoms with Crippen LogP contribution in [0.15, 0.2) is 54.0 Å². The van der Waals surface area contributed by atoms with E-state index >= 15 is 0 Å². The van der Waals surface area contributed by atoms with Gasteiger partial charge in [0.25, 0.3) is 5.92 Å². The fourth-order valence-corrected chi connectivity index (χ4v) is 4.98. The van der Waals surface area contributed by atoms with Gasteiger partial charge < -0.3 is 9.47 Å². The molecule has 300 valence electrons. The number of hydrogen-bond acceptors (Lipinski definition) is 6. The number of ether oxygens (including phenoxy) is 2. The first kappa shape index (κ1) is 46.3. The monoisotopic (exact) mass is 756 g/mol. The molecule has 5 rings (SSSR count). The average molecular weight is 757 g/mol. The molecule has 1 aromatic carbocycles. The second-order valence-corrected chi connectivity index (χ2v) is 15.0. The third-order valence-corrected chi connectivity index (χ3v) is 10.4. The fraction of sp³-hybridized carbons (Fsp3) is 0.591. The molecule has 10 heteroatoms. The smallest absolute Gasteiger partial charge is 0.388 e. The van der Waals surface area contributed by atoms with Crippen molar-refractivity contribution in [2.24, 2.45) is 17.8 Å². The second kappa shape index (κ2) is 22.5. The number of benzene rings is 1. The van der Waals surface area contributed by atoms with Crippen LogP contribution in [0, 0.1) is 24.7 Å². The molecule has 2 aliphatic carbocycles. The molecule has 2 saturated carbocycles. The van der Waals surface area contributed by atoms with Crippen LogP contribution >= 0.6 is 0 Å². The Labute approximate surface area is 322 Å². The Morgan fingerprint density at radius 1 is 0.944 bits per heavy atom. The van der Waals surface area contributed by atoms with Gasteiger partial charge in [-0.15, -0.1) is 0 Å². The molecule has 0 spiro atoms. The highest BCUT2D eigenvalue weighted by Gasteiger charge is 2.32. The number of rotatable bonds is 12. The highest BCUT2D eigenvalue weighted by Crippen LogP contribution is 2.45. The van der Waals surface area contributed by atoms with Gasteiger partial charge in [0.15, 0.2) is 5.82 Å². The van der Waals surface area contributed by atoms with Crippen LogP contribution in [0.3, 0.4) is 0 Å². The largest absolute Gasteiger partial charge is 0.473 e. The molecule has 6 nitrogen and oxygen atoms in total. The molecule has 0 aliphatic heterocycles. The molecule has 0 N–H and O–H groups in total. The number of aromatic nitrogens is 4. The van der Waals surface area contributed by atoms with Crippen molar-refractivity contribution >= 4 is 5.57 Å². The van der Waals surface area contributed by atoms with Crippen molar-refractivity contribution in [1.29, 1.82) is 0 Å². The van der Waals surface area contributed by atoms with Gasteiger partial charge >= 0.3 is 6.61 Å². The fourth-order valence-electron chi connectivity index (χ4n) is 4.98. The molecule has 3 aromatic rings. The van der Waals surface area contributed by atoms with Gasteiger partial charge in [-0.2, -0.15) is 13.8 Å². The molecule has 0 amide bonds. The first-order valence-electron chi connectivity index (χ1n) is 19.5. The van der Waals surface area contributed by atoms with Crippen molar-refractivity contribution in [1.82, 2.24) is 19.9 Å². The molecule has 2 fully saturated rings. The summed E-state index contributed by atoms with van der Waals surface area (Å²) in [5.74, 6) is 0.739. The predicted octanol–water partition coefficient (Wildman–Crippen LogP) is 13.6. The van der Waals surface area contributed by atoms with Gasteiger partial charge in [0.05, 0.1) is 5.69 Å². The van der Waals surface area contributed by atoms with Gasteiger partial charge in [0, 0.05) is 24.6 Å². The molecular formula is C44H64F4N4O2. The molecule has 0 radical (unpaired) electrons. The van der Waals surface area contributed by atoms with Crippen LogP contribution in [-0.2, 0) is 6.61 Å². The summed E-state index contributed by atoms with van der Waals surface area (Å²) >= 11 is 0. The Morgan fingerprint density at radius 3 is 1.96 bits per heavy atom. The summed E-state index contributed by atoms with van der Waals surface area (Å²) in [6.07, 6.45) is 12.9. The molecule has 2 aromatic heterocycles. The Morgan fingerprint density at radius 2 is 1.56 bits per heavy atom. The predicted molar refractivity (Wildman–Crippen MR) is 213 cm³/mol. The van der Waals surface area contributed by atoms with Gasteiger partial charge in [0.2, 0.25) is 11.8 Å². The summed E-state index contributed by atoms with van der Waals surface area (Å²) in [4.78, 5) is 17.1. The van der Waals surface area contributed by atoms with Crippen LogP contribution in [0.5, 0.6) is 11.8 Å². The Kier molecular flexibility index (Phi) is 19.3. The molecule has 2 heterocycles. The SMILES string of the molecule is C/C=C(\C)C(C)(F)F.CC1CCC1.CCC(C)=C(C)c1ccc(COc2nc(-c3c(OC(F)F)ncnc3C3CC3)ncc2C)cc1.CCC(C)C(C)C. The molecule has 54 heavy (non-hydrogen) atoms.